The Labute approximate surface area is 138 Å². The summed E-state index contributed by atoms with van der Waals surface area (Å²) in [6.45, 7) is 0. The quantitative estimate of drug-likeness (QED) is 0.561. The Morgan fingerprint density at radius 3 is 2.83 bits per heavy atom. The van der Waals surface area contributed by atoms with Crippen LogP contribution < -0.4 is 5.32 Å². The number of carbonyl (C=O) groups excluding carboxylic acids is 1. The molecular weight excluding hydrogens is 337 g/mol. The second-order valence-corrected chi connectivity index (χ2v) is 5.86. The van der Waals surface area contributed by atoms with Gasteiger partial charge in [-0.15, -0.1) is 11.3 Å². The number of nitrogens with zero attached hydrogens (tertiary/aromatic N) is 2. The van der Waals surface area contributed by atoms with Crippen molar-refractivity contribution in [1.82, 2.24) is 4.98 Å². The number of halogens is 1. The molecular formula is C15H10FN3O4S. The number of nitrogens with one attached hydrogen (secondary N) is 1. The van der Waals surface area contributed by atoms with E-state index in [1.165, 1.54) is 29.7 Å². The molecule has 2 aromatic heterocycles. The van der Waals surface area contributed by atoms with Gasteiger partial charge in [-0.05, 0) is 17.7 Å². The van der Waals surface area contributed by atoms with Gasteiger partial charge in [-0.1, -0.05) is 18.2 Å². The van der Waals surface area contributed by atoms with Gasteiger partial charge in [0.25, 0.3) is 5.91 Å². The third kappa shape index (κ3) is 3.46. The summed E-state index contributed by atoms with van der Waals surface area (Å²) < 4.78 is 18.4. The van der Waals surface area contributed by atoms with Gasteiger partial charge >= 0.3 is 5.88 Å². The van der Waals surface area contributed by atoms with E-state index in [1.54, 1.807) is 18.2 Å². The van der Waals surface area contributed by atoms with E-state index in [1.807, 2.05) is 0 Å². The topological polar surface area (TPSA) is 98.3 Å². The van der Waals surface area contributed by atoms with E-state index in [0.717, 1.165) is 10.9 Å². The monoisotopic (exact) mass is 347 g/mol. The predicted octanol–water partition coefficient (Wildman–Crippen LogP) is 3.63. The molecule has 1 N–H and O–H groups in total. The van der Waals surface area contributed by atoms with Crippen molar-refractivity contribution in [2.45, 2.75) is 6.42 Å². The number of rotatable bonds is 5. The molecule has 0 saturated heterocycles. The second-order valence-electron chi connectivity index (χ2n) is 4.75. The van der Waals surface area contributed by atoms with Crippen LogP contribution in [0.3, 0.4) is 0 Å². The maximum atomic E-state index is 13.6. The highest BCUT2D eigenvalue weighted by atomic mass is 32.1. The highest BCUT2D eigenvalue weighted by Gasteiger charge is 2.18. The summed E-state index contributed by atoms with van der Waals surface area (Å²) in [7, 11) is 0. The Kier molecular flexibility index (Phi) is 4.34. The smallest absolute Gasteiger partial charge is 0.395 e. The maximum Gasteiger partial charge on any atom is 0.433 e. The van der Waals surface area contributed by atoms with Crippen LogP contribution in [-0.4, -0.2) is 15.8 Å². The number of hydrogen-bond donors (Lipinski definition) is 1. The van der Waals surface area contributed by atoms with Crippen LogP contribution in [0.15, 0.2) is 47.0 Å². The molecule has 24 heavy (non-hydrogen) atoms. The molecule has 0 atom stereocenters. The molecule has 3 rings (SSSR count). The van der Waals surface area contributed by atoms with Gasteiger partial charge in [0, 0.05) is 17.5 Å². The van der Waals surface area contributed by atoms with E-state index in [-0.39, 0.29) is 11.6 Å². The molecule has 0 unspecified atom stereocenters. The molecule has 0 radical (unpaired) electrons. The molecule has 2 heterocycles. The van der Waals surface area contributed by atoms with E-state index in [4.69, 9.17) is 4.42 Å². The van der Waals surface area contributed by atoms with Crippen LogP contribution in [0, 0.1) is 15.9 Å². The number of anilines is 1. The van der Waals surface area contributed by atoms with Crippen molar-refractivity contribution >= 4 is 28.3 Å². The van der Waals surface area contributed by atoms with Crippen molar-refractivity contribution in [1.29, 1.82) is 0 Å². The summed E-state index contributed by atoms with van der Waals surface area (Å²) in [5, 5.41) is 13.3. The van der Waals surface area contributed by atoms with Gasteiger partial charge in [0.05, 0.1) is 6.07 Å². The van der Waals surface area contributed by atoms with Gasteiger partial charge in [0.2, 0.25) is 0 Å². The first-order valence-corrected chi connectivity index (χ1v) is 7.58. The average Bonchev–Trinajstić information content (AvgIpc) is 3.19. The van der Waals surface area contributed by atoms with Gasteiger partial charge in [-0.25, -0.2) is 9.37 Å². The molecule has 0 aliphatic carbocycles. The molecule has 0 saturated carbocycles. The lowest BCUT2D eigenvalue weighted by Gasteiger charge is -1.99. The minimum atomic E-state index is -0.729. The molecule has 7 nitrogen and oxygen atoms in total. The summed E-state index contributed by atoms with van der Waals surface area (Å²) in [5.74, 6) is -1.65. The molecule has 0 spiro atoms. The zero-order valence-corrected chi connectivity index (χ0v) is 12.9. The maximum absolute atomic E-state index is 13.6. The third-order valence-corrected chi connectivity index (χ3v) is 4.00. The number of nitro groups is 1. The van der Waals surface area contributed by atoms with Crippen molar-refractivity contribution in [3.8, 4) is 0 Å². The second kappa shape index (κ2) is 6.59. The Bertz CT molecular complexity index is 906. The van der Waals surface area contributed by atoms with E-state index < -0.39 is 16.7 Å². The van der Waals surface area contributed by atoms with E-state index in [2.05, 4.69) is 10.3 Å². The van der Waals surface area contributed by atoms with Gasteiger partial charge in [-0.2, -0.15) is 0 Å². The lowest BCUT2D eigenvalue weighted by atomic mass is 10.1. The van der Waals surface area contributed by atoms with E-state index in [9.17, 15) is 19.3 Å². The summed E-state index contributed by atoms with van der Waals surface area (Å²) in [6.07, 6.45) is 1.89. The Hall–Kier alpha value is -3.07. The standard InChI is InChI=1S/C15H10FN3O4S/c16-11-4-2-1-3-9(11)7-10-8-17-15(24-10)18-14(20)12-5-6-13(23-12)19(21)22/h1-6,8H,7H2,(H,17,18,20). The molecule has 0 aliphatic rings. The van der Waals surface area contributed by atoms with Crippen LogP contribution in [0.4, 0.5) is 15.4 Å². The van der Waals surface area contributed by atoms with Crippen LogP contribution in [-0.2, 0) is 6.42 Å². The van der Waals surface area contributed by atoms with Crippen LogP contribution in [0.1, 0.15) is 21.0 Å². The van der Waals surface area contributed by atoms with E-state index >= 15 is 0 Å². The number of aromatic nitrogens is 1. The van der Waals surface area contributed by atoms with Crippen LogP contribution in [0.5, 0.6) is 0 Å². The average molecular weight is 347 g/mol. The van der Waals surface area contributed by atoms with Crippen molar-refractivity contribution in [3.05, 3.63) is 74.7 Å². The van der Waals surface area contributed by atoms with E-state index in [0.29, 0.717) is 17.1 Å². The number of carbonyl (C=O) groups is 1. The number of benzene rings is 1. The van der Waals surface area contributed by atoms with Crippen molar-refractivity contribution in [2.24, 2.45) is 0 Å². The van der Waals surface area contributed by atoms with Crippen molar-refractivity contribution in [3.63, 3.8) is 0 Å². The zero-order valence-electron chi connectivity index (χ0n) is 12.1. The molecule has 0 bridgehead atoms. The van der Waals surface area contributed by atoms with Gasteiger partial charge in [0.15, 0.2) is 10.9 Å². The first kappa shape index (κ1) is 15.8. The minimum Gasteiger partial charge on any atom is -0.395 e. The summed E-state index contributed by atoms with van der Waals surface area (Å²) in [5.41, 5.74) is 0.528. The van der Waals surface area contributed by atoms with Crippen molar-refractivity contribution in [2.75, 3.05) is 5.32 Å². The van der Waals surface area contributed by atoms with Gasteiger partial charge in [0.1, 0.15) is 10.7 Å². The van der Waals surface area contributed by atoms with Crippen LogP contribution >= 0.6 is 11.3 Å². The summed E-state index contributed by atoms with van der Waals surface area (Å²) in [6, 6.07) is 8.71. The molecule has 1 amide bonds. The number of amides is 1. The zero-order chi connectivity index (χ0) is 17.1. The Balaban J connectivity index is 1.68. The Morgan fingerprint density at radius 1 is 1.33 bits per heavy atom. The molecule has 9 heteroatoms. The largest absolute Gasteiger partial charge is 0.433 e. The minimum absolute atomic E-state index is 0.187. The lowest BCUT2D eigenvalue weighted by Crippen LogP contribution is -2.10. The first-order valence-electron chi connectivity index (χ1n) is 6.76. The number of furan rings is 1. The molecule has 1 aromatic carbocycles. The van der Waals surface area contributed by atoms with Crippen LogP contribution in [0.25, 0.3) is 0 Å². The molecule has 0 fully saturated rings. The first-order chi connectivity index (χ1) is 11.5. The van der Waals surface area contributed by atoms with Gasteiger partial charge in [-0.3, -0.25) is 20.2 Å². The fourth-order valence-electron chi connectivity index (χ4n) is 1.98. The molecule has 0 aliphatic heterocycles. The summed E-state index contributed by atoms with van der Waals surface area (Å²) in [4.78, 5) is 26.6. The molecule has 122 valence electrons. The fraction of sp³-hybridized carbons (Fsp3) is 0.0667. The summed E-state index contributed by atoms with van der Waals surface area (Å²) >= 11 is 1.19. The number of hydrogen-bond acceptors (Lipinski definition) is 6. The Morgan fingerprint density at radius 2 is 2.12 bits per heavy atom. The predicted molar refractivity (Wildman–Crippen MR) is 84.6 cm³/mol. The van der Waals surface area contributed by atoms with Crippen molar-refractivity contribution < 1.29 is 18.5 Å². The number of thiazole rings is 1. The molecule has 3 aromatic rings. The fourth-order valence-corrected chi connectivity index (χ4v) is 2.81. The highest BCUT2D eigenvalue weighted by Crippen LogP contribution is 2.23. The lowest BCUT2D eigenvalue weighted by molar-refractivity contribution is -0.402. The SMILES string of the molecule is O=C(Nc1ncc(Cc2ccccc2F)s1)c1ccc([N+](=O)[O-])o1. The normalized spacial score (nSPS) is 10.5. The third-order valence-electron chi connectivity index (χ3n) is 3.09. The van der Waals surface area contributed by atoms with Gasteiger partial charge < -0.3 is 4.42 Å². The van der Waals surface area contributed by atoms with Crippen LogP contribution in [0.2, 0.25) is 0 Å². The highest BCUT2D eigenvalue weighted by molar-refractivity contribution is 7.15.